The highest BCUT2D eigenvalue weighted by Gasteiger charge is 2.28. The topological polar surface area (TPSA) is 72.9 Å². The number of carbonyl (C=O) groups is 1. The van der Waals surface area contributed by atoms with Gasteiger partial charge in [-0.3, -0.25) is 0 Å². The summed E-state index contributed by atoms with van der Waals surface area (Å²) < 4.78 is 37.7. The van der Waals surface area contributed by atoms with Crippen molar-refractivity contribution in [2.75, 3.05) is 26.3 Å². The molecule has 0 saturated carbocycles. The van der Waals surface area contributed by atoms with Crippen LogP contribution in [0.4, 0.5) is 0 Å². The van der Waals surface area contributed by atoms with E-state index in [1.54, 1.807) is 37.3 Å². The molecule has 2 aromatic rings. The van der Waals surface area contributed by atoms with E-state index in [2.05, 4.69) is 0 Å². The molecule has 0 aliphatic carbocycles. The molecule has 150 valence electrons. The van der Waals surface area contributed by atoms with Gasteiger partial charge < -0.3 is 9.47 Å². The fourth-order valence-corrected chi connectivity index (χ4v) is 4.92. The maximum atomic E-state index is 12.9. The van der Waals surface area contributed by atoms with Crippen molar-refractivity contribution in [1.29, 1.82) is 0 Å². The van der Waals surface area contributed by atoms with Gasteiger partial charge in [-0.05, 0) is 36.8 Å². The fourth-order valence-electron chi connectivity index (χ4n) is 2.80. The van der Waals surface area contributed by atoms with Gasteiger partial charge in [0.05, 0.1) is 23.7 Å². The lowest BCUT2D eigenvalue weighted by Crippen LogP contribution is -2.40. The number of sulfonamides is 1. The van der Waals surface area contributed by atoms with Crippen LogP contribution in [-0.2, 0) is 26.1 Å². The van der Waals surface area contributed by atoms with Crippen molar-refractivity contribution in [3.05, 3.63) is 63.1 Å². The average molecular weight is 444 g/mol. The summed E-state index contributed by atoms with van der Waals surface area (Å²) in [6, 6.07) is 9.37. The molecule has 1 heterocycles. The van der Waals surface area contributed by atoms with Crippen LogP contribution in [0.2, 0.25) is 10.0 Å². The highest BCUT2D eigenvalue weighted by molar-refractivity contribution is 7.89. The van der Waals surface area contributed by atoms with E-state index < -0.39 is 16.0 Å². The molecule has 0 unspecified atom stereocenters. The third-order valence-corrected chi connectivity index (χ3v) is 7.01. The third-order valence-electron chi connectivity index (χ3n) is 4.39. The largest absolute Gasteiger partial charge is 0.457 e. The molecule has 9 heteroatoms. The lowest BCUT2D eigenvalue weighted by Gasteiger charge is -2.26. The Morgan fingerprint density at radius 3 is 2.54 bits per heavy atom. The molecule has 0 N–H and O–H groups in total. The number of carbonyl (C=O) groups excluding carboxylic acids is 1. The van der Waals surface area contributed by atoms with Crippen LogP contribution in [0.3, 0.4) is 0 Å². The molecule has 2 aromatic carbocycles. The molecule has 28 heavy (non-hydrogen) atoms. The number of morpholine rings is 1. The number of hydrogen-bond donors (Lipinski definition) is 0. The summed E-state index contributed by atoms with van der Waals surface area (Å²) in [6.07, 6.45) is 0. The van der Waals surface area contributed by atoms with E-state index in [4.69, 9.17) is 32.7 Å². The van der Waals surface area contributed by atoms with E-state index in [1.165, 1.54) is 10.4 Å². The maximum Gasteiger partial charge on any atom is 0.338 e. The summed E-state index contributed by atoms with van der Waals surface area (Å²) in [4.78, 5) is 12.5. The van der Waals surface area contributed by atoms with Gasteiger partial charge >= 0.3 is 5.97 Å². The maximum absolute atomic E-state index is 12.9. The Hall–Kier alpha value is -1.64. The number of ether oxygens (including phenoxy) is 2. The smallest absolute Gasteiger partial charge is 0.338 e. The zero-order valence-corrected chi connectivity index (χ0v) is 17.5. The van der Waals surface area contributed by atoms with E-state index in [9.17, 15) is 13.2 Å². The van der Waals surface area contributed by atoms with Crippen molar-refractivity contribution in [2.24, 2.45) is 0 Å². The van der Waals surface area contributed by atoms with E-state index >= 15 is 0 Å². The second-order valence-corrected chi connectivity index (χ2v) is 9.06. The number of hydrogen-bond acceptors (Lipinski definition) is 5. The molecule has 0 aromatic heterocycles. The van der Waals surface area contributed by atoms with Gasteiger partial charge in [-0.2, -0.15) is 4.31 Å². The van der Waals surface area contributed by atoms with E-state index in [-0.39, 0.29) is 30.2 Å². The average Bonchev–Trinajstić information content (AvgIpc) is 2.68. The Bertz CT molecular complexity index is 988. The second-order valence-electron chi connectivity index (χ2n) is 6.31. The summed E-state index contributed by atoms with van der Waals surface area (Å²) >= 11 is 11.9. The molecule has 1 aliphatic heterocycles. The molecular formula is C19H19Cl2NO5S. The van der Waals surface area contributed by atoms with Crippen molar-refractivity contribution >= 4 is 39.2 Å². The Labute approximate surface area is 174 Å². The highest BCUT2D eigenvalue weighted by Crippen LogP contribution is 2.24. The molecular weight excluding hydrogens is 425 g/mol. The van der Waals surface area contributed by atoms with Gasteiger partial charge in [-0.15, -0.1) is 0 Å². The highest BCUT2D eigenvalue weighted by atomic mass is 35.5. The Balaban J connectivity index is 1.79. The Morgan fingerprint density at radius 1 is 1.14 bits per heavy atom. The first-order valence-corrected chi connectivity index (χ1v) is 10.8. The lowest BCUT2D eigenvalue weighted by atomic mass is 10.1. The first-order chi connectivity index (χ1) is 13.3. The quantitative estimate of drug-likeness (QED) is 0.658. The summed E-state index contributed by atoms with van der Waals surface area (Å²) in [5.41, 5.74) is 1.32. The van der Waals surface area contributed by atoms with E-state index in [1.807, 2.05) is 0 Å². The molecule has 1 fully saturated rings. The van der Waals surface area contributed by atoms with Crippen molar-refractivity contribution in [1.82, 2.24) is 4.31 Å². The predicted molar refractivity (Wildman–Crippen MR) is 106 cm³/mol. The van der Waals surface area contributed by atoms with Crippen LogP contribution >= 0.6 is 23.2 Å². The standard InChI is InChI=1S/C19H19Cl2NO5S/c1-13-2-3-14(10-18(13)28(24,25)22-6-8-26-9-7-22)19(23)27-12-15-4-5-16(20)11-17(15)21/h2-5,10-11H,6-9,12H2,1H3. The van der Waals surface area contributed by atoms with Gasteiger partial charge in [-0.1, -0.05) is 35.3 Å². The zero-order valence-electron chi connectivity index (χ0n) is 15.2. The number of halogens is 2. The first kappa shape index (κ1) is 21.1. The van der Waals surface area contributed by atoms with Crippen LogP contribution in [-0.4, -0.2) is 45.0 Å². The SMILES string of the molecule is Cc1ccc(C(=O)OCc2ccc(Cl)cc2Cl)cc1S(=O)(=O)N1CCOCC1. The van der Waals surface area contributed by atoms with Crippen molar-refractivity contribution in [3.8, 4) is 0 Å². The molecule has 1 aliphatic rings. The van der Waals surface area contributed by atoms with Gasteiger partial charge in [0, 0.05) is 28.7 Å². The molecule has 6 nitrogen and oxygen atoms in total. The Morgan fingerprint density at radius 2 is 1.86 bits per heavy atom. The summed E-state index contributed by atoms with van der Waals surface area (Å²) in [7, 11) is -3.72. The van der Waals surface area contributed by atoms with Gasteiger partial charge in [0.1, 0.15) is 6.61 Å². The monoisotopic (exact) mass is 443 g/mol. The number of esters is 1. The minimum Gasteiger partial charge on any atom is -0.457 e. The minimum atomic E-state index is -3.72. The van der Waals surface area contributed by atoms with Crippen LogP contribution in [0, 0.1) is 6.92 Å². The molecule has 0 amide bonds. The fraction of sp³-hybridized carbons (Fsp3) is 0.316. The molecule has 0 bridgehead atoms. The minimum absolute atomic E-state index is 0.0474. The number of rotatable bonds is 5. The van der Waals surface area contributed by atoms with Crippen LogP contribution in [0.1, 0.15) is 21.5 Å². The van der Waals surface area contributed by atoms with Crippen LogP contribution < -0.4 is 0 Å². The van der Waals surface area contributed by atoms with Crippen LogP contribution in [0.15, 0.2) is 41.3 Å². The first-order valence-electron chi connectivity index (χ1n) is 8.58. The summed E-state index contributed by atoms with van der Waals surface area (Å²) in [5, 5.41) is 0.872. The summed E-state index contributed by atoms with van der Waals surface area (Å²) in [5.74, 6) is -0.635. The molecule has 0 spiro atoms. The van der Waals surface area contributed by atoms with Gasteiger partial charge in [0.25, 0.3) is 0 Å². The van der Waals surface area contributed by atoms with E-state index in [0.717, 1.165) is 0 Å². The van der Waals surface area contributed by atoms with Gasteiger partial charge in [0.2, 0.25) is 10.0 Å². The number of benzene rings is 2. The van der Waals surface area contributed by atoms with Crippen molar-refractivity contribution in [3.63, 3.8) is 0 Å². The third kappa shape index (κ3) is 4.67. The van der Waals surface area contributed by atoms with Gasteiger partial charge in [-0.25, -0.2) is 13.2 Å². The predicted octanol–water partition coefficient (Wildman–Crippen LogP) is 3.68. The Kier molecular flexibility index (Phi) is 6.62. The van der Waals surface area contributed by atoms with Crippen LogP contribution in [0.25, 0.3) is 0 Å². The normalized spacial score (nSPS) is 15.4. The number of nitrogens with zero attached hydrogens (tertiary/aromatic N) is 1. The lowest BCUT2D eigenvalue weighted by molar-refractivity contribution is 0.0472. The molecule has 0 radical (unpaired) electrons. The van der Waals surface area contributed by atoms with Crippen molar-refractivity contribution < 1.29 is 22.7 Å². The van der Waals surface area contributed by atoms with Gasteiger partial charge in [0.15, 0.2) is 0 Å². The second kappa shape index (κ2) is 8.80. The van der Waals surface area contributed by atoms with Crippen molar-refractivity contribution in [2.45, 2.75) is 18.4 Å². The number of aryl methyl sites for hydroxylation is 1. The molecule has 3 rings (SSSR count). The molecule has 1 saturated heterocycles. The molecule has 0 atom stereocenters. The van der Waals surface area contributed by atoms with E-state index in [0.29, 0.717) is 34.4 Å². The summed E-state index contributed by atoms with van der Waals surface area (Å²) in [6.45, 7) is 2.91. The van der Waals surface area contributed by atoms with Crippen LogP contribution in [0.5, 0.6) is 0 Å². The zero-order chi connectivity index (χ0) is 20.3.